The quantitative estimate of drug-likeness (QED) is 0.836. The molecule has 2 heterocycles. The zero-order valence-corrected chi connectivity index (χ0v) is 12.6. The normalized spacial score (nSPS) is 15.6. The number of piperazine rings is 1. The summed E-state index contributed by atoms with van der Waals surface area (Å²) in [6, 6.07) is 10.2. The van der Waals surface area contributed by atoms with Crippen molar-refractivity contribution < 1.29 is 4.79 Å². The lowest BCUT2D eigenvalue weighted by molar-refractivity contribution is 0.0626. The number of hydrogen-bond donors (Lipinski definition) is 2. The molecule has 1 amide bonds. The van der Waals surface area contributed by atoms with Crippen LogP contribution in [0.3, 0.4) is 0 Å². The second-order valence-electron chi connectivity index (χ2n) is 5.54. The predicted octanol–water partition coefficient (Wildman–Crippen LogP) is 0.0212. The first-order valence-electron chi connectivity index (χ1n) is 7.51. The van der Waals surface area contributed by atoms with E-state index >= 15 is 0 Å². The summed E-state index contributed by atoms with van der Waals surface area (Å²) in [6.07, 6.45) is 1.18. The van der Waals surface area contributed by atoms with Gasteiger partial charge in [0.05, 0.1) is 0 Å². The molecule has 2 aromatic rings. The SMILES string of the molecule is O=C(c1c[nH]c(=O)[nH]c1=O)N1CCN(Cc2ccccc2)CC1. The van der Waals surface area contributed by atoms with Crippen LogP contribution in [0.5, 0.6) is 0 Å². The highest BCUT2D eigenvalue weighted by atomic mass is 16.2. The van der Waals surface area contributed by atoms with E-state index in [0.717, 1.165) is 19.6 Å². The molecule has 23 heavy (non-hydrogen) atoms. The number of amides is 1. The van der Waals surface area contributed by atoms with Crippen molar-refractivity contribution in [2.24, 2.45) is 0 Å². The molecule has 0 aliphatic carbocycles. The average Bonchev–Trinajstić information content (AvgIpc) is 2.56. The minimum atomic E-state index is -0.648. The van der Waals surface area contributed by atoms with Crippen LogP contribution in [0.4, 0.5) is 0 Å². The number of hydrogen-bond acceptors (Lipinski definition) is 4. The minimum absolute atomic E-state index is 0.0268. The molecule has 0 spiro atoms. The van der Waals surface area contributed by atoms with E-state index in [4.69, 9.17) is 0 Å². The number of aromatic amines is 2. The summed E-state index contributed by atoms with van der Waals surface area (Å²) >= 11 is 0. The summed E-state index contributed by atoms with van der Waals surface area (Å²) < 4.78 is 0. The van der Waals surface area contributed by atoms with Gasteiger partial charge in [-0.05, 0) is 5.56 Å². The van der Waals surface area contributed by atoms with Crippen molar-refractivity contribution in [1.29, 1.82) is 0 Å². The van der Waals surface area contributed by atoms with Gasteiger partial charge in [0.25, 0.3) is 11.5 Å². The van der Waals surface area contributed by atoms with Crippen molar-refractivity contribution in [3.05, 3.63) is 68.5 Å². The molecule has 0 radical (unpaired) electrons. The van der Waals surface area contributed by atoms with Crippen LogP contribution in [0.25, 0.3) is 0 Å². The zero-order chi connectivity index (χ0) is 16.2. The van der Waals surface area contributed by atoms with Crippen LogP contribution in [0.1, 0.15) is 15.9 Å². The van der Waals surface area contributed by atoms with Gasteiger partial charge in [-0.3, -0.25) is 19.5 Å². The summed E-state index contributed by atoms with van der Waals surface area (Å²) in [5.41, 5.74) is -0.0461. The number of carbonyl (C=O) groups excluding carboxylic acids is 1. The van der Waals surface area contributed by atoms with Gasteiger partial charge in [0.1, 0.15) is 5.56 Å². The van der Waals surface area contributed by atoms with Crippen molar-refractivity contribution in [3.8, 4) is 0 Å². The van der Waals surface area contributed by atoms with Gasteiger partial charge in [-0.2, -0.15) is 0 Å². The second kappa shape index (κ2) is 6.62. The molecule has 1 aliphatic rings. The molecular weight excluding hydrogens is 296 g/mol. The molecule has 0 saturated carbocycles. The fraction of sp³-hybridized carbons (Fsp3) is 0.312. The molecule has 120 valence electrons. The molecule has 7 heteroatoms. The summed E-state index contributed by atoms with van der Waals surface area (Å²) in [5.74, 6) is -0.345. The van der Waals surface area contributed by atoms with Gasteiger partial charge in [-0.15, -0.1) is 0 Å². The lowest BCUT2D eigenvalue weighted by Gasteiger charge is -2.34. The monoisotopic (exact) mass is 314 g/mol. The van der Waals surface area contributed by atoms with E-state index in [2.05, 4.69) is 27.0 Å². The molecule has 3 rings (SSSR count). The topological polar surface area (TPSA) is 89.3 Å². The van der Waals surface area contributed by atoms with E-state index in [9.17, 15) is 14.4 Å². The predicted molar refractivity (Wildman–Crippen MR) is 85.3 cm³/mol. The Morgan fingerprint density at radius 2 is 1.74 bits per heavy atom. The maximum atomic E-state index is 12.4. The molecule has 1 aliphatic heterocycles. The molecule has 0 atom stereocenters. The Kier molecular flexibility index (Phi) is 4.38. The lowest BCUT2D eigenvalue weighted by atomic mass is 10.2. The molecule has 1 aromatic heterocycles. The Hall–Kier alpha value is -2.67. The van der Waals surface area contributed by atoms with Gasteiger partial charge in [0.15, 0.2) is 0 Å². The molecule has 0 bridgehead atoms. The number of nitrogens with one attached hydrogen (secondary N) is 2. The maximum absolute atomic E-state index is 12.4. The Bertz CT molecular complexity index is 789. The maximum Gasteiger partial charge on any atom is 0.325 e. The van der Waals surface area contributed by atoms with E-state index in [0.29, 0.717) is 13.1 Å². The number of aromatic nitrogens is 2. The minimum Gasteiger partial charge on any atom is -0.336 e. The highest BCUT2D eigenvalue weighted by molar-refractivity contribution is 5.93. The van der Waals surface area contributed by atoms with E-state index in [1.165, 1.54) is 11.8 Å². The lowest BCUT2D eigenvalue weighted by Crippen LogP contribution is -2.49. The van der Waals surface area contributed by atoms with E-state index < -0.39 is 11.2 Å². The van der Waals surface area contributed by atoms with E-state index in [1.807, 2.05) is 18.2 Å². The molecule has 1 fully saturated rings. The molecular formula is C16H18N4O3. The number of carbonyl (C=O) groups is 1. The average molecular weight is 314 g/mol. The van der Waals surface area contributed by atoms with Gasteiger partial charge in [-0.25, -0.2) is 4.79 Å². The molecule has 1 saturated heterocycles. The first kappa shape index (κ1) is 15.2. The second-order valence-corrected chi connectivity index (χ2v) is 5.54. The Labute approximate surface area is 132 Å². The van der Waals surface area contributed by atoms with Gasteiger partial charge in [-0.1, -0.05) is 30.3 Å². The standard InChI is InChI=1S/C16H18N4O3/c21-14-13(10-17-16(23)18-14)15(22)20-8-6-19(7-9-20)11-12-4-2-1-3-5-12/h1-5,10H,6-9,11H2,(H2,17,18,21,23). The van der Waals surface area contributed by atoms with Crippen molar-refractivity contribution in [1.82, 2.24) is 19.8 Å². The van der Waals surface area contributed by atoms with Crippen molar-refractivity contribution in [3.63, 3.8) is 0 Å². The first-order chi connectivity index (χ1) is 11.1. The third-order valence-corrected chi connectivity index (χ3v) is 3.96. The molecule has 2 N–H and O–H groups in total. The van der Waals surface area contributed by atoms with Crippen molar-refractivity contribution in [2.45, 2.75) is 6.54 Å². The third kappa shape index (κ3) is 3.57. The summed E-state index contributed by atoms with van der Waals surface area (Å²) in [5, 5.41) is 0. The third-order valence-electron chi connectivity index (χ3n) is 3.96. The number of rotatable bonds is 3. The smallest absolute Gasteiger partial charge is 0.325 e. The van der Waals surface area contributed by atoms with Crippen molar-refractivity contribution >= 4 is 5.91 Å². The highest BCUT2D eigenvalue weighted by Crippen LogP contribution is 2.09. The van der Waals surface area contributed by atoms with Crippen LogP contribution in [0, 0.1) is 0 Å². The van der Waals surface area contributed by atoms with Gasteiger partial charge in [0.2, 0.25) is 0 Å². The van der Waals surface area contributed by atoms with Crippen LogP contribution in [0.2, 0.25) is 0 Å². The fourth-order valence-corrected chi connectivity index (χ4v) is 2.69. The number of H-pyrrole nitrogens is 2. The first-order valence-corrected chi connectivity index (χ1v) is 7.51. The van der Waals surface area contributed by atoms with Gasteiger partial charge in [0, 0.05) is 38.9 Å². The molecule has 1 aromatic carbocycles. The highest BCUT2D eigenvalue weighted by Gasteiger charge is 2.24. The Balaban J connectivity index is 1.61. The van der Waals surface area contributed by atoms with Crippen molar-refractivity contribution in [2.75, 3.05) is 26.2 Å². The Morgan fingerprint density at radius 1 is 1.04 bits per heavy atom. The summed E-state index contributed by atoms with van der Waals surface area (Å²) in [7, 11) is 0. The van der Waals surface area contributed by atoms with Crippen LogP contribution in [0.15, 0.2) is 46.1 Å². The summed E-state index contributed by atoms with van der Waals surface area (Å²) in [4.78, 5) is 43.4. The molecule has 7 nitrogen and oxygen atoms in total. The van der Waals surface area contributed by atoms with E-state index in [1.54, 1.807) is 4.90 Å². The van der Waals surface area contributed by atoms with E-state index in [-0.39, 0.29) is 11.5 Å². The summed E-state index contributed by atoms with van der Waals surface area (Å²) in [6.45, 7) is 3.47. The largest absolute Gasteiger partial charge is 0.336 e. The van der Waals surface area contributed by atoms with Crippen LogP contribution < -0.4 is 11.2 Å². The van der Waals surface area contributed by atoms with Crippen LogP contribution in [-0.2, 0) is 6.54 Å². The fourth-order valence-electron chi connectivity index (χ4n) is 2.69. The zero-order valence-electron chi connectivity index (χ0n) is 12.6. The van der Waals surface area contributed by atoms with Crippen LogP contribution in [-0.4, -0.2) is 51.9 Å². The number of benzene rings is 1. The number of nitrogens with zero attached hydrogens (tertiary/aromatic N) is 2. The van der Waals surface area contributed by atoms with Gasteiger partial charge < -0.3 is 9.88 Å². The van der Waals surface area contributed by atoms with Crippen LogP contribution >= 0.6 is 0 Å². The molecule has 0 unspecified atom stereocenters. The Morgan fingerprint density at radius 3 is 2.39 bits per heavy atom. The van der Waals surface area contributed by atoms with Gasteiger partial charge >= 0.3 is 5.69 Å².